The quantitative estimate of drug-likeness (QED) is 0.795. The first-order chi connectivity index (χ1) is 6.93. The van der Waals surface area contributed by atoms with Gasteiger partial charge >= 0.3 is 0 Å². The Morgan fingerprint density at radius 3 is 2.13 bits per heavy atom. The zero-order chi connectivity index (χ0) is 11.5. The summed E-state index contributed by atoms with van der Waals surface area (Å²) in [6, 6.07) is 8.81. The van der Waals surface area contributed by atoms with Crippen molar-refractivity contribution in [3.05, 3.63) is 29.8 Å². The van der Waals surface area contributed by atoms with Gasteiger partial charge in [-0.2, -0.15) is 0 Å². The molecule has 1 nitrogen and oxygen atoms in total. The van der Waals surface area contributed by atoms with Crippen LogP contribution in [0.2, 0.25) is 0 Å². The van der Waals surface area contributed by atoms with E-state index in [1.165, 1.54) is 10.5 Å². The number of thioether (sulfide) groups is 1. The summed E-state index contributed by atoms with van der Waals surface area (Å²) in [6.07, 6.45) is 0. The normalized spacial score (nSPS) is 13.9. The summed E-state index contributed by atoms with van der Waals surface area (Å²) >= 11 is 1.84. The highest BCUT2D eigenvalue weighted by Crippen LogP contribution is 2.27. The molecule has 0 bridgehead atoms. The molecule has 0 heterocycles. The van der Waals surface area contributed by atoms with Crippen molar-refractivity contribution in [2.75, 3.05) is 6.54 Å². The maximum atomic E-state index is 5.60. The van der Waals surface area contributed by atoms with Crippen LogP contribution in [0.5, 0.6) is 0 Å². The SMILES string of the molecule is CC(CN)Sc1ccc(C(C)(C)C)cc1. The van der Waals surface area contributed by atoms with Gasteiger partial charge in [0.15, 0.2) is 0 Å². The second-order valence-corrected chi connectivity index (χ2v) is 6.45. The first-order valence-electron chi connectivity index (χ1n) is 5.41. The predicted molar refractivity (Wildman–Crippen MR) is 69.5 cm³/mol. The summed E-state index contributed by atoms with van der Waals surface area (Å²) in [7, 11) is 0. The molecule has 15 heavy (non-hydrogen) atoms. The summed E-state index contributed by atoms with van der Waals surface area (Å²) in [5.74, 6) is 0. The molecule has 0 aromatic heterocycles. The van der Waals surface area contributed by atoms with E-state index in [4.69, 9.17) is 5.73 Å². The van der Waals surface area contributed by atoms with Gasteiger partial charge < -0.3 is 5.73 Å². The molecule has 1 aromatic carbocycles. The predicted octanol–water partition coefficient (Wildman–Crippen LogP) is 3.42. The Balaban J connectivity index is 2.73. The number of benzene rings is 1. The van der Waals surface area contributed by atoms with Crippen molar-refractivity contribution in [3.8, 4) is 0 Å². The van der Waals surface area contributed by atoms with Gasteiger partial charge in [0.2, 0.25) is 0 Å². The minimum Gasteiger partial charge on any atom is -0.329 e. The third kappa shape index (κ3) is 3.88. The van der Waals surface area contributed by atoms with Crippen LogP contribution in [0.3, 0.4) is 0 Å². The molecule has 0 fully saturated rings. The second-order valence-electron chi connectivity index (χ2n) is 4.94. The first-order valence-corrected chi connectivity index (χ1v) is 6.28. The molecule has 1 unspecified atom stereocenters. The molecular weight excluding hydrogens is 202 g/mol. The van der Waals surface area contributed by atoms with E-state index in [0.717, 1.165) is 6.54 Å². The van der Waals surface area contributed by atoms with Crippen LogP contribution >= 0.6 is 11.8 Å². The van der Waals surface area contributed by atoms with Crippen molar-refractivity contribution in [1.29, 1.82) is 0 Å². The van der Waals surface area contributed by atoms with E-state index in [9.17, 15) is 0 Å². The lowest BCUT2D eigenvalue weighted by Crippen LogP contribution is -2.12. The fourth-order valence-electron chi connectivity index (χ4n) is 1.31. The highest BCUT2D eigenvalue weighted by atomic mass is 32.2. The number of hydrogen-bond donors (Lipinski definition) is 1. The van der Waals surface area contributed by atoms with Crippen LogP contribution in [0.4, 0.5) is 0 Å². The zero-order valence-corrected chi connectivity index (χ0v) is 10.9. The fraction of sp³-hybridized carbons (Fsp3) is 0.538. The number of hydrogen-bond acceptors (Lipinski definition) is 2. The highest BCUT2D eigenvalue weighted by molar-refractivity contribution is 8.00. The molecule has 0 aliphatic heterocycles. The topological polar surface area (TPSA) is 26.0 Å². The lowest BCUT2D eigenvalue weighted by Gasteiger charge is -2.19. The lowest BCUT2D eigenvalue weighted by atomic mass is 9.87. The second kappa shape index (κ2) is 5.04. The molecule has 0 aliphatic carbocycles. The molecule has 2 N–H and O–H groups in total. The molecule has 1 atom stereocenters. The molecule has 1 rings (SSSR count). The van der Waals surface area contributed by atoms with Crippen molar-refractivity contribution >= 4 is 11.8 Å². The van der Waals surface area contributed by atoms with Crippen molar-refractivity contribution in [1.82, 2.24) is 0 Å². The van der Waals surface area contributed by atoms with Crippen LogP contribution < -0.4 is 5.73 Å². The summed E-state index contributed by atoms with van der Waals surface area (Å²) < 4.78 is 0. The van der Waals surface area contributed by atoms with Gasteiger partial charge in [-0.05, 0) is 23.1 Å². The summed E-state index contributed by atoms with van der Waals surface area (Å²) in [4.78, 5) is 1.31. The van der Waals surface area contributed by atoms with Gasteiger partial charge in [0.05, 0.1) is 0 Å². The average Bonchev–Trinajstić information content (AvgIpc) is 2.17. The van der Waals surface area contributed by atoms with E-state index >= 15 is 0 Å². The Hall–Kier alpha value is -0.470. The fourth-order valence-corrected chi connectivity index (χ4v) is 2.17. The Kier molecular flexibility index (Phi) is 4.23. The van der Waals surface area contributed by atoms with E-state index in [2.05, 4.69) is 52.0 Å². The third-order valence-corrected chi connectivity index (χ3v) is 3.53. The van der Waals surface area contributed by atoms with Gasteiger partial charge in [-0.1, -0.05) is 39.8 Å². The van der Waals surface area contributed by atoms with E-state index < -0.39 is 0 Å². The molecule has 0 amide bonds. The van der Waals surface area contributed by atoms with Gasteiger partial charge in [-0.3, -0.25) is 0 Å². The monoisotopic (exact) mass is 223 g/mol. The van der Waals surface area contributed by atoms with Crippen LogP contribution in [-0.2, 0) is 5.41 Å². The van der Waals surface area contributed by atoms with Crippen LogP contribution in [0.25, 0.3) is 0 Å². The smallest absolute Gasteiger partial charge is 0.0189 e. The van der Waals surface area contributed by atoms with E-state index in [-0.39, 0.29) is 5.41 Å². The Morgan fingerprint density at radius 2 is 1.73 bits per heavy atom. The first kappa shape index (κ1) is 12.6. The maximum Gasteiger partial charge on any atom is 0.0189 e. The number of nitrogens with two attached hydrogens (primary N) is 1. The zero-order valence-electron chi connectivity index (χ0n) is 10.1. The van der Waals surface area contributed by atoms with Gasteiger partial charge in [0.1, 0.15) is 0 Å². The minimum atomic E-state index is 0.239. The van der Waals surface area contributed by atoms with E-state index in [1.54, 1.807) is 0 Å². The molecular formula is C13H21NS. The third-order valence-electron chi connectivity index (χ3n) is 2.39. The van der Waals surface area contributed by atoms with Crippen LogP contribution in [-0.4, -0.2) is 11.8 Å². The van der Waals surface area contributed by atoms with Gasteiger partial charge in [0.25, 0.3) is 0 Å². The van der Waals surface area contributed by atoms with Crippen molar-refractivity contribution in [3.63, 3.8) is 0 Å². The Morgan fingerprint density at radius 1 is 1.20 bits per heavy atom. The van der Waals surface area contributed by atoms with E-state index in [0.29, 0.717) is 5.25 Å². The molecule has 0 spiro atoms. The maximum absolute atomic E-state index is 5.60. The van der Waals surface area contributed by atoms with Crippen LogP contribution in [0, 0.1) is 0 Å². The van der Waals surface area contributed by atoms with Gasteiger partial charge in [-0.25, -0.2) is 0 Å². The van der Waals surface area contributed by atoms with Crippen molar-refractivity contribution in [2.24, 2.45) is 5.73 Å². The summed E-state index contributed by atoms with van der Waals surface area (Å²) in [5.41, 5.74) is 7.22. The molecule has 84 valence electrons. The molecule has 0 aliphatic rings. The Labute approximate surface area is 97.4 Å². The molecule has 0 saturated heterocycles. The number of rotatable bonds is 3. The van der Waals surface area contributed by atoms with Crippen LogP contribution in [0.15, 0.2) is 29.2 Å². The average molecular weight is 223 g/mol. The standard InChI is InChI=1S/C13H21NS/c1-10(9-14)15-12-7-5-11(6-8-12)13(2,3)4/h5-8,10H,9,14H2,1-4H3. The van der Waals surface area contributed by atoms with Gasteiger partial charge in [0, 0.05) is 16.7 Å². The van der Waals surface area contributed by atoms with Gasteiger partial charge in [-0.15, -0.1) is 11.8 Å². The molecule has 1 aromatic rings. The summed E-state index contributed by atoms with van der Waals surface area (Å²) in [6.45, 7) is 9.58. The minimum absolute atomic E-state index is 0.239. The Bertz CT molecular complexity index is 297. The molecule has 2 heteroatoms. The molecule has 0 saturated carbocycles. The van der Waals surface area contributed by atoms with E-state index in [1.807, 2.05) is 11.8 Å². The largest absolute Gasteiger partial charge is 0.329 e. The van der Waals surface area contributed by atoms with Crippen molar-refractivity contribution in [2.45, 2.75) is 43.3 Å². The summed E-state index contributed by atoms with van der Waals surface area (Å²) in [5, 5.41) is 0.491. The molecule has 0 radical (unpaired) electrons. The van der Waals surface area contributed by atoms with Crippen molar-refractivity contribution < 1.29 is 0 Å². The lowest BCUT2D eigenvalue weighted by molar-refractivity contribution is 0.590. The highest BCUT2D eigenvalue weighted by Gasteiger charge is 2.13. The van der Waals surface area contributed by atoms with Crippen LogP contribution in [0.1, 0.15) is 33.3 Å².